The number of hydrogen-bond donors (Lipinski definition) is 1. The number of benzene rings is 1. The number of fused-ring (bicyclic) bond motifs is 1. The molecule has 0 fully saturated rings. The summed E-state index contributed by atoms with van der Waals surface area (Å²) in [6.07, 6.45) is 1.04. The summed E-state index contributed by atoms with van der Waals surface area (Å²) in [5.74, 6) is 0.309. The zero-order chi connectivity index (χ0) is 16.2. The number of rotatable bonds is 6. The third kappa shape index (κ3) is 3.86. The lowest BCUT2D eigenvalue weighted by Gasteiger charge is -2.02. The highest BCUT2D eigenvalue weighted by Gasteiger charge is 2.08. The fourth-order valence-electron chi connectivity index (χ4n) is 2.10. The quantitative estimate of drug-likeness (QED) is 0.318. The molecule has 0 saturated heterocycles. The van der Waals surface area contributed by atoms with Gasteiger partial charge in [0.25, 0.3) is 5.56 Å². The van der Waals surface area contributed by atoms with Gasteiger partial charge < -0.3 is 4.98 Å². The molecule has 0 amide bonds. The second-order valence-electron chi connectivity index (χ2n) is 4.89. The van der Waals surface area contributed by atoms with Crippen LogP contribution in [0.5, 0.6) is 0 Å². The lowest BCUT2D eigenvalue weighted by molar-refractivity contribution is 0.0982. The van der Waals surface area contributed by atoms with E-state index in [4.69, 9.17) is 0 Å². The summed E-state index contributed by atoms with van der Waals surface area (Å²) in [7, 11) is 0. The number of carbonyl (C=O) groups is 1. The van der Waals surface area contributed by atoms with Crippen molar-refractivity contribution in [2.75, 3.05) is 5.75 Å². The first-order valence-electron chi connectivity index (χ1n) is 7.02. The van der Waals surface area contributed by atoms with Crippen molar-refractivity contribution in [2.45, 2.75) is 18.0 Å². The Bertz CT molecular complexity index is 887. The van der Waals surface area contributed by atoms with Crippen LogP contribution in [0.3, 0.4) is 0 Å². The van der Waals surface area contributed by atoms with E-state index in [-0.39, 0.29) is 17.2 Å². The van der Waals surface area contributed by atoms with E-state index in [1.807, 2.05) is 5.38 Å². The van der Waals surface area contributed by atoms with Crippen LogP contribution in [0.25, 0.3) is 10.2 Å². The largest absolute Gasteiger partial charge is 0.301 e. The van der Waals surface area contributed by atoms with Crippen LogP contribution in [0.1, 0.15) is 23.2 Å². The Hall–Kier alpha value is -1.99. The van der Waals surface area contributed by atoms with Gasteiger partial charge in [0.05, 0.1) is 5.39 Å². The second-order valence-corrected chi connectivity index (χ2v) is 6.87. The van der Waals surface area contributed by atoms with Crippen molar-refractivity contribution in [1.29, 1.82) is 0 Å². The van der Waals surface area contributed by atoms with Gasteiger partial charge in [0.1, 0.15) is 10.6 Å². The number of thiophene rings is 1. The predicted octanol–water partition coefficient (Wildman–Crippen LogP) is 3.88. The van der Waals surface area contributed by atoms with Crippen LogP contribution >= 0.6 is 23.1 Å². The molecular weight excluding hydrogens is 335 g/mol. The SMILES string of the molecule is O=C(CCCSc1nc2sccc2c(=O)[nH]1)c1ccc(F)cc1. The third-order valence-electron chi connectivity index (χ3n) is 3.27. The molecule has 1 N–H and O–H groups in total. The van der Waals surface area contributed by atoms with Crippen molar-refractivity contribution in [3.63, 3.8) is 0 Å². The molecule has 4 nitrogen and oxygen atoms in total. The number of nitrogens with zero attached hydrogens (tertiary/aromatic N) is 1. The van der Waals surface area contributed by atoms with Gasteiger partial charge in [-0.05, 0) is 42.1 Å². The molecule has 0 aliphatic carbocycles. The van der Waals surface area contributed by atoms with Gasteiger partial charge in [0.15, 0.2) is 10.9 Å². The highest BCUT2D eigenvalue weighted by Crippen LogP contribution is 2.20. The Morgan fingerprint density at radius 1 is 1.26 bits per heavy atom. The number of thioether (sulfide) groups is 1. The van der Waals surface area contributed by atoms with Crippen molar-refractivity contribution < 1.29 is 9.18 Å². The van der Waals surface area contributed by atoms with Crippen LogP contribution in [0.2, 0.25) is 0 Å². The van der Waals surface area contributed by atoms with Gasteiger partial charge in [-0.1, -0.05) is 11.8 Å². The molecule has 23 heavy (non-hydrogen) atoms. The monoisotopic (exact) mass is 348 g/mol. The Morgan fingerprint density at radius 3 is 2.83 bits per heavy atom. The van der Waals surface area contributed by atoms with E-state index in [2.05, 4.69) is 9.97 Å². The molecule has 0 radical (unpaired) electrons. The van der Waals surface area contributed by atoms with Crippen LogP contribution < -0.4 is 5.56 Å². The van der Waals surface area contributed by atoms with E-state index >= 15 is 0 Å². The van der Waals surface area contributed by atoms with Gasteiger partial charge in [0.2, 0.25) is 0 Å². The van der Waals surface area contributed by atoms with Crippen molar-refractivity contribution >= 4 is 39.1 Å². The van der Waals surface area contributed by atoms with E-state index in [1.165, 1.54) is 47.4 Å². The van der Waals surface area contributed by atoms with E-state index in [9.17, 15) is 14.0 Å². The van der Waals surface area contributed by atoms with Crippen molar-refractivity contribution in [3.05, 3.63) is 57.4 Å². The van der Waals surface area contributed by atoms with Crippen molar-refractivity contribution in [1.82, 2.24) is 9.97 Å². The molecule has 0 aliphatic heterocycles. The summed E-state index contributed by atoms with van der Waals surface area (Å²) in [4.78, 5) is 31.6. The summed E-state index contributed by atoms with van der Waals surface area (Å²) in [5.41, 5.74) is 0.379. The van der Waals surface area contributed by atoms with Crippen LogP contribution in [0.15, 0.2) is 45.7 Å². The molecule has 0 bridgehead atoms. The molecule has 118 valence electrons. The highest BCUT2D eigenvalue weighted by atomic mass is 32.2. The molecule has 0 unspecified atom stereocenters. The lowest BCUT2D eigenvalue weighted by Crippen LogP contribution is -2.07. The first-order chi connectivity index (χ1) is 11.1. The summed E-state index contributed by atoms with van der Waals surface area (Å²) in [6, 6.07) is 7.31. The number of ketones is 1. The number of Topliss-reactive ketones (excluding diaryl/α,β-unsaturated/α-hetero) is 1. The standard InChI is InChI=1S/C16H13FN2O2S2/c17-11-5-3-10(4-6-11)13(20)2-1-8-23-16-18-14(21)12-7-9-22-15(12)19-16/h3-7,9H,1-2,8H2,(H,18,19,21). The van der Waals surface area contributed by atoms with Gasteiger partial charge >= 0.3 is 0 Å². The Labute approximate surface area is 139 Å². The average Bonchev–Trinajstić information content (AvgIpc) is 3.01. The predicted molar refractivity (Wildman–Crippen MR) is 90.9 cm³/mol. The smallest absolute Gasteiger partial charge is 0.260 e. The maximum Gasteiger partial charge on any atom is 0.260 e. The molecule has 0 atom stereocenters. The molecule has 3 rings (SSSR count). The van der Waals surface area contributed by atoms with Gasteiger partial charge in [-0.2, -0.15) is 0 Å². The Morgan fingerprint density at radius 2 is 2.04 bits per heavy atom. The summed E-state index contributed by atoms with van der Waals surface area (Å²) in [6.45, 7) is 0. The van der Waals surface area contributed by atoms with Gasteiger partial charge in [-0.3, -0.25) is 9.59 Å². The highest BCUT2D eigenvalue weighted by molar-refractivity contribution is 7.99. The number of H-pyrrole nitrogens is 1. The van der Waals surface area contributed by atoms with Gasteiger partial charge in [-0.15, -0.1) is 11.3 Å². The fourth-order valence-corrected chi connectivity index (χ4v) is 3.72. The summed E-state index contributed by atoms with van der Waals surface area (Å²) in [5, 5.41) is 3.01. The summed E-state index contributed by atoms with van der Waals surface area (Å²) >= 11 is 2.85. The third-order valence-corrected chi connectivity index (χ3v) is 5.03. The number of hydrogen-bond acceptors (Lipinski definition) is 5. The second kappa shape index (κ2) is 7.06. The molecule has 2 aromatic heterocycles. The van der Waals surface area contributed by atoms with Crippen LogP contribution in [0, 0.1) is 5.82 Å². The van der Waals surface area contributed by atoms with Gasteiger partial charge in [-0.25, -0.2) is 9.37 Å². The number of nitrogens with one attached hydrogen (secondary N) is 1. The Kier molecular flexibility index (Phi) is 4.88. The lowest BCUT2D eigenvalue weighted by atomic mass is 10.1. The van der Waals surface area contributed by atoms with Crippen molar-refractivity contribution in [2.24, 2.45) is 0 Å². The van der Waals surface area contributed by atoms with E-state index in [1.54, 1.807) is 6.07 Å². The average molecular weight is 348 g/mol. The minimum Gasteiger partial charge on any atom is -0.301 e. The number of aromatic amines is 1. The minimum absolute atomic E-state index is 0.0132. The van der Waals surface area contributed by atoms with Crippen LogP contribution in [-0.2, 0) is 0 Å². The van der Waals surface area contributed by atoms with Gasteiger partial charge in [0, 0.05) is 17.7 Å². The van der Waals surface area contributed by atoms with E-state index in [0.717, 1.165) is 4.83 Å². The zero-order valence-corrected chi connectivity index (χ0v) is 13.7. The number of aromatic nitrogens is 2. The number of halogens is 1. The molecule has 2 heterocycles. The topological polar surface area (TPSA) is 62.8 Å². The molecule has 0 aliphatic rings. The normalized spacial score (nSPS) is 11.0. The summed E-state index contributed by atoms with van der Waals surface area (Å²) < 4.78 is 12.8. The number of carbonyl (C=O) groups excluding carboxylic acids is 1. The fraction of sp³-hybridized carbons (Fsp3) is 0.188. The molecular formula is C16H13FN2O2S2. The molecule has 0 spiro atoms. The molecule has 1 aromatic carbocycles. The first-order valence-corrected chi connectivity index (χ1v) is 8.89. The maximum absolute atomic E-state index is 12.8. The molecule has 3 aromatic rings. The Balaban J connectivity index is 1.53. The van der Waals surface area contributed by atoms with Crippen molar-refractivity contribution in [3.8, 4) is 0 Å². The van der Waals surface area contributed by atoms with Crippen LogP contribution in [0.4, 0.5) is 4.39 Å². The molecule has 7 heteroatoms. The van der Waals surface area contributed by atoms with E-state index < -0.39 is 0 Å². The minimum atomic E-state index is -0.351. The first kappa shape index (κ1) is 15.9. The van der Waals surface area contributed by atoms with E-state index in [0.29, 0.717) is 34.7 Å². The maximum atomic E-state index is 12.8. The molecule has 0 saturated carbocycles. The zero-order valence-electron chi connectivity index (χ0n) is 12.0. The van der Waals surface area contributed by atoms with Crippen LogP contribution in [-0.4, -0.2) is 21.5 Å².